The highest BCUT2D eigenvalue weighted by atomic mass is 16.6. The average Bonchev–Trinajstić information content (AvgIpc) is 1.81. The van der Waals surface area contributed by atoms with Gasteiger partial charge in [-0.25, -0.2) is 0 Å². The first-order valence-corrected chi connectivity index (χ1v) is 3.60. The van der Waals surface area contributed by atoms with Crippen molar-refractivity contribution in [3.05, 3.63) is 0 Å². The lowest BCUT2D eigenvalue weighted by molar-refractivity contribution is -0.183. The van der Waals surface area contributed by atoms with Crippen molar-refractivity contribution in [3.8, 4) is 0 Å². The number of ether oxygens (including phenoxy) is 1. The Bertz CT molecular complexity index is 179. The van der Waals surface area contributed by atoms with E-state index in [-0.39, 0.29) is 12.2 Å². The fraction of sp³-hybridized carbons (Fsp3) is 0.857. The molecule has 0 saturated carbocycles. The van der Waals surface area contributed by atoms with Crippen molar-refractivity contribution in [2.24, 2.45) is 5.73 Å². The molecule has 4 heteroatoms. The summed E-state index contributed by atoms with van der Waals surface area (Å²) < 4.78 is 4.86. The maximum Gasteiger partial charge on any atom is 0.180 e. The van der Waals surface area contributed by atoms with Crippen molar-refractivity contribution in [3.63, 3.8) is 0 Å². The van der Waals surface area contributed by atoms with Gasteiger partial charge in [0.25, 0.3) is 0 Å². The molecule has 1 aliphatic heterocycles. The van der Waals surface area contributed by atoms with E-state index in [1.54, 1.807) is 13.8 Å². The van der Waals surface area contributed by atoms with Crippen molar-refractivity contribution >= 4 is 5.78 Å². The number of carbonyl (C=O) groups excluding carboxylic acids is 1. The number of hydrogen-bond donors (Lipinski definition) is 2. The molecule has 3 atom stereocenters. The Labute approximate surface area is 65.3 Å². The molecule has 0 aromatic heterocycles. The van der Waals surface area contributed by atoms with Gasteiger partial charge < -0.3 is 15.6 Å². The van der Waals surface area contributed by atoms with Crippen LogP contribution in [0.2, 0.25) is 0 Å². The molecule has 0 amide bonds. The van der Waals surface area contributed by atoms with Gasteiger partial charge in [0.05, 0.1) is 5.54 Å². The number of aliphatic hydroxyl groups is 1. The van der Waals surface area contributed by atoms with Gasteiger partial charge in [0.1, 0.15) is 6.10 Å². The number of ketones is 1. The fourth-order valence-electron chi connectivity index (χ4n) is 1.27. The van der Waals surface area contributed by atoms with Crippen molar-refractivity contribution in [2.45, 2.75) is 38.2 Å². The van der Waals surface area contributed by atoms with E-state index in [4.69, 9.17) is 15.6 Å². The predicted molar refractivity (Wildman–Crippen MR) is 38.8 cm³/mol. The summed E-state index contributed by atoms with van der Waals surface area (Å²) >= 11 is 0. The van der Waals surface area contributed by atoms with E-state index >= 15 is 0 Å². The Balaban J connectivity index is 2.75. The molecule has 4 nitrogen and oxygen atoms in total. The molecule has 0 aromatic rings. The number of rotatable bonds is 0. The second-order valence-electron chi connectivity index (χ2n) is 3.22. The van der Waals surface area contributed by atoms with Gasteiger partial charge in [-0.15, -0.1) is 0 Å². The molecule has 0 bridgehead atoms. The molecular formula is C7H13NO3. The molecule has 1 rings (SSSR count). The molecule has 0 radical (unpaired) electrons. The zero-order chi connectivity index (χ0) is 8.65. The Morgan fingerprint density at radius 3 is 2.82 bits per heavy atom. The fourth-order valence-corrected chi connectivity index (χ4v) is 1.27. The van der Waals surface area contributed by atoms with Crippen molar-refractivity contribution in [1.82, 2.24) is 0 Å². The van der Waals surface area contributed by atoms with Crippen LogP contribution in [0.3, 0.4) is 0 Å². The highest BCUT2D eigenvalue weighted by molar-refractivity contribution is 5.91. The Morgan fingerprint density at radius 2 is 2.36 bits per heavy atom. The summed E-state index contributed by atoms with van der Waals surface area (Å²) in [6.07, 6.45) is -1.32. The normalized spacial score (nSPS) is 46.0. The van der Waals surface area contributed by atoms with Crippen LogP contribution in [0.4, 0.5) is 0 Å². The summed E-state index contributed by atoms with van der Waals surface area (Å²) in [5, 5.41) is 9.08. The summed E-state index contributed by atoms with van der Waals surface area (Å²) in [6.45, 7) is 3.20. The minimum Gasteiger partial charge on any atom is -0.368 e. The first-order chi connectivity index (χ1) is 4.93. The third kappa shape index (κ3) is 1.58. The molecule has 1 aliphatic rings. The van der Waals surface area contributed by atoms with Crippen LogP contribution in [0.25, 0.3) is 0 Å². The first kappa shape index (κ1) is 8.64. The first-order valence-electron chi connectivity index (χ1n) is 3.60. The van der Waals surface area contributed by atoms with Gasteiger partial charge >= 0.3 is 0 Å². The third-order valence-corrected chi connectivity index (χ3v) is 1.89. The lowest BCUT2D eigenvalue weighted by atomic mass is 9.88. The monoisotopic (exact) mass is 159 g/mol. The SMILES string of the molecule is CC1O[C@@H](O)C[C@@](C)(N)C1=O. The summed E-state index contributed by atoms with van der Waals surface area (Å²) in [5.41, 5.74) is 4.68. The van der Waals surface area contributed by atoms with Crippen LogP contribution in [0.5, 0.6) is 0 Å². The lowest BCUT2D eigenvalue weighted by Gasteiger charge is -2.34. The van der Waals surface area contributed by atoms with Gasteiger partial charge in [-0.2, -0.15) is 0 Å². The van der Waals surface area contributed by atoms with E-state index in [1.165, 1.54) is 0 Å². The van der Waals surface area contributed by atoms with Crippen LogP contribution in [0.15, 0.2) is 0 Å². The van der Waals surface area contributed by atoms with E-state index in [2.05, 4.69) is 0 Å². The topological polar surface area (TPSA) is 72.6 Å². The van der Waals surface area contributed by atoms with E-state index in [9.17, 15) is 4.79 Å². The van der Waals surface area contributed by atoms with Gasteiger partial charge in [0, 0.05) is 6.42 Å². The highest BCUT2D eigenvalue weighted by Crippen LogP contribution is 2.21. The molecule has 1 unspecified atom stereocenters. The van der Waals surface area contributed by atoms with E-state index in [0.717, 1.165) is 0 Å². The molecule has 0 aromatic carbocycles. The van der Waals surface area contributed by atoms with E-state index < -0.39 is 17.9 Å². The smallest absolute Gasteiger partial charge is 0.180 e. The maximum atomic E-state index is 11.2. The van der Waals surface area contributed by atoms with Gasteiger partial charge in [-0.05, 0) is 13.8 Å². The quantitative estimate of drug-likeness (QED) is 0.495. The van der Waals surface area contributed by atoms with Crippen LogP contribution in [-0.4, -0.2) is 28.8 Å². The molecule has 1 saturated heterocycles. The molecule has 0 aliphatic carbocycles. The van der Waals surface area contributed by atoms with Gasteiger partial charge in [-0.1, -0.05) is 0 Å². The van der Waals surface area contributed by atoms with Crippen LogP contribution in [-0.2, 0) is 9.53 Å². The molecule has 0 spiro atoms. The maximum absolute atomic E-state index is 11.2. The minimum atomic E-state index is -0.933. The number of hydrogen-bond acceptors (Lipinski definition) is 4. The molecular weight excluding hydrogens is 146 g/mol. The van der Waals surface area contributed by atoms with Gasteiger partial charge in [0.15, 0.2) is 12.1 Å². The highest BCUT2D eigenvalue weighted by Gasteiger charge is 2.40. The average molecular weight is 159 g/mol. The van der Waals surface area contributed by atoms with Crippen LogP contribution >= 0.6 is 0 Å². The lowest BCUT2D eigenvalue weighted by Crippen LogP contribution is -2.57. The molecule has 11 heavy (non-hydrogen) atoms. The van der Waals surface area contributed by atoms with E-state index in [0.29, 0.717) is 0 Å². The zero-order valence-electron chi connectivity index (χ0n) is 6.70. The Hall–Kier alpha value is -0.450. The zero-order valence-corrected chi connectivity index (χ0v) is 6.70. The number of aliphatic hydroxyl groups excluding tert-OH is 1. The third-order valence-electron chi connectivity index (χ3n) is 1.89. The van der Waals surface area contributed by atoms with Crippen molar-refractivity contribution in [1.29, 1.82) is 0 Å². The number of Topliss-reactive ketones (excluding diaryl/α,β-unsaturated/α-hetero) is 1. The van der Waals surface area contributed by atoms with E-state index in [1.807, 2.05) is 0 Å². The van der Waals surface area contributed by atoms with Gasteiger partial charge in [0.2, 0.25) is 0 Å². The van der Waals surface area contributed by atoms with Crippen molar-refractivity contribution < 1.29 is 14.6 Å². The summed E-state index contributed by atoms with van der Waals surface area (Å²) in [7, 11) is 0. The Kier molecular flexibility index (Phi) is 2.00. The Morgan fingerprint density at radius 1 is 1.82 bits per heavy atom. The van der Waals surface area contributed by atoms with Crippen LogP contribution in [0.1, 0.15) is 20.3 Å². The van der Waals surface area contributed by atoms with Crippen LogP contribution < -0.4 is 5.73 Å². The number of nitrogens with two attached hydrogens (primary N) is 1. The predicted octanol–water partition coefficient (Wildman–Crippen LogP) is -0.600. The second kappa shape index (κ2) is 2.55. The minimum absolute atomic E-state index is 0.150. The molecule has 3 N–H and O–H groups in total. The van der Waals surface area contributed by atoms with Crippen molar-refractivity contribution in [2.75, 3.05) is 0 Å². The number of carbonyl (C=O) groups is 1. The second-order valence-corrected chi connectivity index (χ2v) is 3.22. The van der Waals surface area contributed by atoms with Crippen LogP contribution in [0, 0.1) is 0 Å². The molecule has 1 heterocycles. The largest absolute Gasteiger partial charge is 0.368 e. The van der Waals surface area contributed by atoms with Gasteiger partial charge in [-0.3, -0.25) is 4.79 Å². The summed E-state index contributed by atoms with van der Waals surface area (Å²) in [6, 6.07) is 0. The molecule has 1 fully saturated rings. The standard InChI is InChI=1S/C7H13NO3/c1-4-6(10)7(2,8)3-5(9)11-4/h4-5,9H,3,8H2,1-2H3/t4?,5-,7-/m1/s1. The summed E-state index contributed by atoms with van der Waals surface area (Å²) in [5.74, 6) is -0.150. The summed E-state index contributed by atoms with van der Waals surface area (Å²) in [4.78, 5) is 11.2. The molecule has 64 valence electrons.